The summed E-state index contributed by atoms with van der Waals surface area (Å²) in [5.41, 5.74) is 1.04. The second-order valence-corrected chi connectivity index (χ2v) is 4.74. The summed E-state index contributed by atoms with van der Waals surface area (Å²) in [5.74, 6) is 1.38. The third-order valence-electron chi connectivity index (χ3n) is 2.95. The molecule has 1 heterocycles. The topological polar surface area (TPSA) is 59.4 Å². The quantitative estimate of drug-likeness (QED) is 0.919. The smallest absolute Gasteiger partial charge is 0.323 e. The highest BCUT2D eigenvalue weighted by Gasteiger charge is 2.10. The molecule has 0 aliphatic rings. The number of carbonyl (C=O) groups excluding carboxylic acids is 1. The van der Waals surface area contributed by atoms with E-state index in [9.17, 15) is 4.79 Å². The molecular weight excluding hydrogens is 268 g/mol. The summed E-state index contributed by atoms with van der Waals surface area (Å²) < 4.78 is 7.03. The number of hydrogen-bond donors (Lipinski definition) is 1. The van der Waals surface area contributed by atoms with Crippen LogP contribution in [0.25, 0.3) is 0 Å². The SMILES string of the molecule is CCOc1ccc(CN(C)C(=O)Nc2ccn(C)n2)cc1. The maximum absolute atomic E-state index is 12.0. The van der Waals surface area contributed by atoms with Crippen molar-refractivity contribution in [1.82, 2.24) is 14.7 Å². The van der Waals surface area contributed by atoms with E-state index < -0.39 is 0 Å². The molecule has 0 spiro atoms. The lowest BCUT2D eigenvalue weighted by Crippen LogP contribution is -2.31. The predicted octanol–water partition coefficient (Wildman–Crippen LogP) is 2.48. The molecule has 0 fully saturated rings. The van der Waals surface area contributed by atoms with Gasteiger partial charge in [0.1, 0.15) is 5.75 Å². The van der Waals surface area contributed by atoms with Gasteiger partial charge in [-0.3, -0.25) is 10.00 Å². The van der Waals surface area contributed by atoms with Gasteiger partial charge in [0.15, 0.2) is 5.82 Å². The molecule has 0 radical (unpaired) electrons. The van der Waals surface area contributed by atoms with Gasteiger partial charge in [-0.25, -0.2) is 4.79 Å². The van der Waals surface area contributed by atoms with Crippen molar-refractivity contribution in [2.45, 2.75) is 13.5 Å². The Morgan fingerprint density at radius 3 is 2.62 bits per heavy atom. The number of nitrogens with one attached hydrogen (secondary N) is 1. The maximum Gasteiger partial charge on any atom is 0.323 e. The molecule has 1 aromatic heterocycles. The molecule has 6 nitrogen and oxygen atoms in total. The van der Waals surface area contributed by atoms with Gasteiger partial charge in [0.25, 0.3) is 0 Å². The molecule has 0 saturated heterocycles. The number of anilines is 1. The predicted molar refractivity (Wildman–Crippen MR) is 81.3 cm³/mol. The van der Waals surface area contributed by atoms with Crippen molar-refractivity contribution in [3.8, 4) is 5.75 Å². The number of aromatic nitrogens is 2. The van der Waals surface area contributed by atoms with Crippen LogP contribution >= 0.6 is 0 Å². The number of nitrogens with zero attached hydrogens (tertiary/aromatic N) is 3. The Kier molecular flexibility index (Phi) is 4.81. The van der Waals surface area contributed by atoms with Gasteiger partial charge in [-0.2, -0.15) is 5.10 Å². The van der Waals surface area contributed by atoms with E-state index in [1.165, 1.54) is 0 Å². The highest BCUT2D eigenvalue weighted by atomic mass is 16.5. The second-order valence-electron chi connectivity index (χ2n) is 4.74. The van der Waals surface area contributed by atoms with Crippen molar-refractivity contribution >= 4 is 11.8 Å². The number of amides is 2. The second kappa shape index (κ2) is 6.78. The molecule has 0 aliphatic carbocycles. The van der Waals surface area contributed by atoms with Gasteiger partial charge in [0.2, 0.25) is 0 Å². The van der Waals surface area contributed by atoms with Gasteiger partial charge >= 0.3 is 6.03 Å². The monoisotopic (exact) mass is 288 g/mol. The van der Waals surface area contributed by atoms with E-state index in [-0.39, 0.29) is 6.03 Å². The third kappa shape index (κ3) is 4.24. The van der Waals surface area contributed by atoms with Crippen LogP contribution in [0.15, 0.2) is 36.5 Å². The van der Waals surface area contributed by atoms with Crippen molar-refractivity contribution in [3.63, 3.8) is 0 Å². The van der Waals surface area contributed by atoms with Gasteiger partial charge in [-0.05, 0) is 24.6 Å². The molecule has 2 rings (SSSR count). The molecule has 0 aliphatic heterocycles. The average Bonchev–Trinajstić information content (AvgIpc) is 2.86. The van der Waals surface area contributed by atoms with Crippen LogP contribution in [0.2, 0.25) is 0 Å². The van der Waals surface area contributed by atoms with E-state index in [0.29, 0.717) is 19.0 Å². The Morgan fingerprint density at radius 1 is 1.33 bits per heavy atom. The van der Waals surface area contributed by atoms with Crippen molar-refractivity contribution < 1.29 is 9.53 Å². The Balaban J connectivity index is 1.90. The minimum atomic E-state index is -0.192. The largest absolute Gasteiger partial charge is 0.494 e. The molecule has 0 saturated carbocycles. The lowest BCUT2D eigenvalue weighted by atomic mass is 10.2. The van der Waals surface area contributed by atoms with Crippen LogP contribution in [-0.2, 0) is 13.6 Å². The fourth-order valence-electron chi connectivity index (χ4n) is 1.89. The van der Waals surface area contributed by atoms with Crippen LogP contribution < -0.4 is 10.1 Å². The molecule has 2 amide bonds. The molecule has 21 heavy (non-hydrogen) atoms. The van der Waals surface area contributed by atoms with Crippen molar-refractivity contribution in [2.24, 2.45) is 7.05 Å². The third-order valence-corrected chi connectivity index (χ3v) is 2.95. The normalized spacial score (nSPS) is 10.2. The van der Waals surface area contributed by atoms with Crippen molar-refractivity contribution in [2.75, 3.05) is 19.0 Å². The van der Waals surface area contributed by atoms with Crippen LogP contribution in [0.4, 0.5) is 10.6 Å². The summed E-state index contributed by atoms with van der Waals surface area (Å²) in [7, 11) is 3.55. The lowest BCUT2D eigenvalue weighted by molar-refractivity contribution is 0.220. The van der Waals surface area contributed by atoms with Gasteiger partial charge in [0.05, 0.1) is 6.61 Å². The molecule has 6 heteroatoms. The Bertz CT molecular complexity index is 592. The molecule has 0 unspecified atom stereocenters. The summed E-state index contributed by atoms with van der Waals surface area (Å²) in [4.78, 5) is 13.6. The number of hydrogen-bond acceptors (Lipinski definition) is 3. The first-order valence-electron chi connectivity index (χ1n) is 6.82. The Hall–Kier alpha value is -2.50. The highest BCUT2D eigenvalue weighted by Crippen LogP contribution is 2.13. The number of benzene rings is 1. The van der Waals surface area contributed by atoms with Crippen LogP contribution in [-0.4, -0.2) is 34.4 Å². The number of urea groups is 1. The molecule has 0 bridgehead atoms. The van der Waals surface area contributed by atoms with Gasteiger partial charge in [0, 0.05) is 32.9 Å². The van der Waals surface area contributed by atoms with Crippen molar-refractivity contribution in [3.05, 3.63) is 42.1 Å². The summed E-state index contributed by atoms with van der Waals surface area (Å²) in [6, 6.07) is 9.28. The van der Waals surface area contributed by atoms with E-state index in [2.05, 4.69) is 10.4 Å². The van der Waals surface area contributed by atoms with Gasteiger partial charge in [-0.15, -0.1) is 0 Å². The lowest BCUT2D eigenvalue weighted by Gasteiger charge is -2.17. The zero-order valence-electron chi connectivity index (χ0n) is 12.5. The number of rotatable bonds is 5. The fraction of sp³-hybridized carbons (Fsp3) is 0.333. The summed E-state index contributed by atoms with van der Waals surface area (Å²) >= 11 is 0. The number of carbonyl (C=O) groups is 1. The molecule has 1 N–H and O–H groups in total. The fourth-order valence-corrected chi connectivity index (χ4v) is 1.89. The number of aryl methyl sites for hydroxylation is 1. The van der Waals surface area contributed by atoms with E-state index in [0.717, 1.165) is 11.3 Å². The molecule has 0 atom stereocenters. The summed E-state index contributed by atoms with van der Waals surface area (Å²) in [6.45, 7) is 3.11. The minimum absolute atomic E-state index is 0.192. The van der Waals surface area contributed by atoms with E-state index >= 15 is 0 Å². The van der Waals surface area contributed by atoms with E-state index in [4.69, 9.17) is 4.74 Å². The maximum atomic E-state index is 12.0. The Labute approximate surface area is 124 Å². The van der Waals surface area contributed by atoms with Gasteiger partial charge in [-0.1, -0.05) is 12.1 Å². The Morgan fingerprint density at radius 2 is 2.05 bits per heavy atom. The molecular formula is C15H20N4O2. The zero-order valence-corrected chi connectivity index (χ0v) is 12.5. The van der Waals surface area contributed by atoms with Crippen LogP contribution in [0, 0.1) is 0 Å². The standard InChI is InChI=1S/C15H20N4O2/c1-4-21-13-7-5-12(6-8-13)11-18(2)15(20)16-14-9-10-19(3)17-14/h5-10H,4,11H2,1-3H3,(H,16,17,20). The van der Waals surface area contributed by atoms with Crippen LogP contribution in [0.3, 0.4) is 0 Å². The molecule has 1 aromatic carbocycles. The first kappa shape index (κ1) is 14.9. The van der Waals surface area contributed by atoms with Crippen LogP contribution in [0.1, 0.15) is 12.5 Å². The summed E-state index contributed by atoms with van der Waals surface area (Å²) in [6.07, 6.45) is 1.78. The highest BCUT2D eigenvalue weighted by molar-refractivity contribution is 5.87. The first-order valence-corrected chi connectivity index (χ1v) is 6.82. The summed E-state index contributed by atoms with van der Waals surface area (Å²) in [5, 5.41) is 6.86. The van der Waals surface area contributed by atoms with Crippen molar-refractivity contribution in [1.29, 1.82) is 0 Å². The first-order chi connectivity index (χ1) is 10.1. The average molecular weight is 288 g/mol. The van der Waals surface area contributed by atoms with Gasteiger partial charge < -0.3 is 9.64 Å². The minimum Gasteiger partial charge on any atom is -0.494 e. The molecule has 112 valence electrons. The van der Waals surface area contributed by atoms with Crippen LogP contribution in [0.5, 0.6) is 5.75 Å². The van der Waals surface area contributed by atoms with E-state index in [1.54, 1.807) is 35.9 Å². The number of ether oxygens (including phenoxy) is 1. The van der Waals surface area contributed by atoms with E-state index in [1.807, 2.05) is 31.2 Å². The molecule has 2 aromatic rings. The zero-order chi connectivity index (χ0) is 15.2.